The second kappa shape index (κ2) is 7.05. The number of hydrogen-bond acceptors (Lipinski definition) is 6. The average molecular weight is 386 g/mol. The molecule has 3 aliphatic heterocycles. The van der Waals surface area contributed by atoms with Gasteiger partial charge in [-0.1, -0.05) is 0 Å². The van der Waals surface area contributed by atoms with Crippen LogP contribution in [0, 0.1) is 0 Å². The molecule has 4 rings (SSSR count). The van der Waals surface area contributed by atoms with Gasteiger partial charge in [-0.05, 0) is 19.2 Å². The van der Waals surface area contributed by atoms with E-state index in [0.29, 0.717) is 43.9 Å². The van der Waals surface area contributed by atoms with Gasteiger partial charge in [-0.25, -0.2) is 4.98 Å². The molecule has 3 amide bonds. The normalized spacial score (nSPS) is 24.6. The molecule has 1 atom stereocenters. The molecule has 9 heteroatoms. The molecule has 2 saturated heterocycles. The first kappa shape index (κ1) is 18.7. The summed E-state index contributed by atoms with van der Waals surface area (Å²) < 4.78 is 0. The highest BCUT2D eigenvalue weighted by molar-refractivity contribution is 6.01. The highest BCUT2D eigenvalue weighted by Crippen LogP contribution is 2.34. The number of amides is 3. The molecule has 0 radical (unpaired) electrons. The number of carbonyl (C=O) groups is 3. The average Bonchev–Trinajstić information content (AvgIpc) is 2.70. The Morgan fingerprint density at radius 2 is 2.00 bits per heavy atom. The van der Waals surface area contributed by atoms with Gasteiger partial charge in [0.15, 0.2) is 0 Å². The zero-order chi connectivity index (χ0) is 19.9. The van der Waals surface area contributed by atoms with Gasteiger partial charge < -0.3 is 20.4 Å². The Balaban J connectivity index is 1.43. The number of likely N-dealkylation sites (tertiary alicyclic amines) is 1. The molecule has 4 heterocycles. The van der Waals surface area contributed by atoms with Crippen molar-refractivity contribution in [2.45, 2.75) is 31.0 Å². The lowest BCUT2D eigenvalue weighted by Crippen LogP contribution is -2.67. The minimum Gasteiger partial charge on any atom is -0.353 e. The zero-order valence-electron chi connectivity index (χ0n) is 16.3. The molecule has 1 aromatic heterocycles. The van der Waals surface area contributed by atoms with Gasteiger partial charge in [0.2, 0.25) is 11.8 Å². The van der Waals surface area contributed by atoms with Crippen LogP contribution in [0.1, 0.15) is 29.6 Å². The number of carbonyl (C=O) groups excluding carboxylic acids is 3. The fourth-order valence-electron chi connectivity index (χ4n) is 4.37. The number of likely N-dealkylation sites (N-methyl/N-ethyl adjacent to an activating group) is 1. The number of pyridine rings is 1. The van der Waals surface area contributed by atoms with Crippen molar-refractivity contribution in [1.29, 1.82) is 0 Å². The van der Waals surface area contributed by atoms with Gasteiger partial charge in [-0.3, -0.25) is 19.3 Å². The summed E-state index contributed by atoms with van der Waals surface area (Å²) in [7, 11) is 3.81. The molecule has 2 fully saturated rings. The Bertz CT molecular complexity index is 805. The SMILES string of the molecule is CN1CCNC(=O)[C@H]1CC(=O)N1CCC2(CC1)NC(=O)c1cccnc1N2C. The Hall–Kier alpha value is -2.68. The van der Waals surface area contributed by atoms with Gasteiger partial charge in [0.1, 0.15) is 11.5 Å². The van der Waals surface area contributed by atoms with E-state index in [-0.39, 0.29) is 24.1 Å². The molecule has 3 aliphatic rings. The van der Waals surface area contributed by atoms with Crippen molar-refractivity contribution < 1.29 is 14.4 Å². The van der Waals surface area contributed by atoms with Crippen molar-refractivity contribution in [3.63, 3.8) is 0 Å². The van der Waals surface area contributed by atoms with Crippen molar-refractivity contribution >= 4 is 23.5 Å². The van der Waals surface area contributed by atoms with Crippen LogP contribution in [0.3, 0.4) is 0 Å². The maximum Gasteiger partial charge on any atom is 0.256 e. The molecule has 0 bridgehead atoms. The van der Waals surface area contributed by atoms with Gasteiger partial charge in [0, 0.05) is 52.3 Å². The maximum atomic E-state index is 12.8. The molecular weight excluding hydrogens is 360 g/mol. The number of piperazine rings is 1. The first-order chi connectivity index (χ1) is 13.4. The monoisotopic (exact) mass is 386 g/mol. The molecule has 1 spiro atoms. The van der Waals surface area contributed by atoms with Crippen LogP contribution in [0.4, 0.5) is 5.82 Å². The van der Waals surface area contributed by atoms with E-state index in [1.165, 1.54) is 0 Å². The summed E-state index contributed by atoms with van der Waals surface area (Å²) >= 11 is 0. The first-order valence-corrected chi connectivity index (χ1v) is 9.68. The van der Waals surface area contributed by atoms with E-state index in [9.17, 15) is 14.4 Å². The van der Waals surface area contributed by atoms with Crippen molar-refractivity contribution in [2.75, 3.05) is 45.2 Å². The van der Waals surface area contributed by atoms with Crippen LogP contribution in [0.15, 0.2) is 18.3 Å². The van der Waals surface area contributed by atoms with Crippen LogP contribution in [-0.2, 0) is 9.59 Å². The fraction of sp³-hybridized carbons (Fsp3) is 0.579. The minimum absolute atomic E-state index is 0.0212. The molecule has 28 heavy (non-hydrogen) atoms. The highest BCUT2D eigenvalue weighted by Gasteiger charge is 2.45. The first-order valence-electron chi connectivity index (χ1n) is 9.68. The van der Waals surface area contributed by atoms with Gasteiger partial charge >= 0.3 is 0 Å². The summed E-state index contributed by atoms with van der Waals surface area (Å²) in [5.74, 6) is 0.442. The summed E-state index contributed by atoms with van der Waals surface area (Å²) in [5.41, 5.74) is 0.0364. The lowest BCUT2D eigenvalue weighted by molar-refractivity contribution is -0.139. The van der Waals surface area contributed by atoms with E-state index in [4.69, 9.17) is 0 Å². The van der Waals surface area contributed by atoms with Gasteiger partial charge in [0.05, 0.1) is 18.0 Å². The third-order valence-corrected chi connectivity index (χ3v) is 6.25. The molecule has 0 unspecified atom stereocenters. The molecular formula is C19H26N6O3. The van der Waals surface area contributed by atoms with E-state index in [0.717, 1.165) is 6.54 Å². The highest BCUT2D eigenvalue weighted by atomic mass is 16.2. The van der Waals surface area contributed by atoms with Crippen LogP contribution in [0.5, 0.6) is 0 Å². The summed E-state index contributed by atoms with van der Waals surface area (Å²) in [6, 6.07) is 3.11. The predicted molar refractivity (Wildman–Crippen MR) is 103 cm³/mol. The largest absolute Gasteiger partial charge is 0.353 e. The van der Waals surface area contributed by atoms with Crippen LogP contribution in [0.25, 0.3) is 0 Å². The second-order valence-electron chi connectivity index (χ2n) is 7.79. The van der Waals surface area contributed by atoms with Gasteiger partial charge in [-0.15, -0.1) is 0 Å². The third kappa shape index (κ3) is 3.09. The lowest BCUT2D eigenvalue weighted by Gasteiger charge is -2.50. The van der Waals surface area contributed by atoms with Crippen molar-refractivity contribution in [2.24, 2.45) is 0 Å². The Kier molecular flexibility index (Phi) is 4.70. The van der Waals surface area contributed by atoms with E-state index < -0.39 is 11.7 Å². The van der Waals surface area contributed by atoms with Crippen LogP contribution in [-0.4, -0.2) is 84.5 Å². The summed E-state index contributed by atoms with van der Waals surface area (Å²) in [6.45, 7) is 2.43. The second-order valence-corrected chi connectivity index (χ2v) is 7.79. The van der Waals surface area contributed by atoms with Crippen LogP contribution in [0.2, 0.25) is 0 Å². The van der Waals surface area contributed by atoms with E-state index in [1.807, 2.05) is 23.9 Å². The number of aromatic nitrogens is 1. The van der Waals surface area contributed by atoms with Gasteiger partial charge in [-0.2, -0.15) is 0 Å². The lowest BCUT2D eigenvalue weighted by atomic mass is 9.91. The molecule has 1 aromatic rings. The predicted octanol–water partition coefficient (Wildman–Crippen LogP) is -0.600. The smallest absolute Gasteiger partial charge is 0.256 e. The van der Waals surface area contributed by atoms with Gasteiger partial charge in [0.25, 0.3) is 5.91 Å². The minimum atomic E-state index is -0.534. The Morgan fingerprint density at radius 3 is 2.71 bits per heavy atom. The summed E-state index contributed by atoms with van der Waals surface area (Å²) in [4.78, 5) is 47.5. The number of piperidine rings is 1. The van der Waals surface area contributed by atoms with E-state index in [1.54, 1.807) is 23.2 Å². The number of nitrogens with one attached hydrogen (secondary N) is 2. The number of fused-ring (bicyclic) bond motifs is 1. The number of anilines is 1. The van der Waals surface area contributed by atoms with Crippen molar-refractivity contribution in [3.8, 4) is 0 Å². The number of nitrogens with zero attached hydrogens (tertiary/aromatic N) is 4. The third-order valence-electron chi connectivity index (χ3n) is 6.25. The van der Waals surface area contributed by atoms with Crippen LogP contribution >= 0.6 is 0 Å². The molecule has 2 N–H and O–H groups in total. The number of rotatable bonds is 2. The molecule has 0 saturated carbocycles. The molecule has 0 aromatic carbocycles. The Morgan fingerprint density at radius 1 is 1.25 bits per heavy atom. The summed E-state index contributed by atoms with van der Waals surface area (Å²) in [5, 5.41) is 5.95. The summed E-state index contributed by atoms with van der Waals surface area (Å²) in [6.07, 6.45) is 3.10. The van der Waals surface area contributed by atoms with Crippen molar-refractivity contribution in [3.05, 3.63) is 23.9 Å². The van der Waals surface area contributed by atoms with E-state index >= 15 is 0 Å². The Labute approximate surface area is 164 Å². The van der Waals surface area contributed by atoms with E-state index in [2.05, 4.69) is 15.6 Å². The fourth-order valence-corrected chi connectivity index (χ4v) is 4.37. The standard InChI is InChI=1S/C19H26N6O3/c1-23-11-8-21-18(28)14(23)12-15(26)25-9-5-19(6-10-25)22-17(27)13-4-3-7-20-16(13)24(19)2/h3-4,7,14H,5-6,8-12H2,1-2H3,(H,21,28)(H,22,27)/t14-/m1/s1. The number of hydrogen-bond donors (Lipinski definition) is 2. The van der Waals surface area contributed by atoms with Crippen molar-refractivity contribution in [1.82, 2.24) is 25.4 Å². The molecule has 150 valence electrons. The molecule has 9 nitrogen and oxygen atoms in total. The quantitative estimate of drug-likeness (QED) is 0.705. The topological polar surface area (TPSA) is 97.9 Å². The maximum absolute atomic E-state index is 12.8. The zero-order valence-corrected chi connectivity index (χ0v) is 16.3. The molecule has 0 aliphatic carbocycles. The van der Waals surface area contributed by atoms with Crippen LogP contribution < -0.4 is 15.5 Å².